The standard InChI is InChI=1S/C11H10ClN3O2/c1-7(2)6-14-11(12)9-5-8(15(16)17)3-4-10(9)13-14/h3-5H,1,6H2,2H3. The van der Waals surface area contributed by atoms with Crippen molar-refractivity contribution in [1.82, 2.24) is 9.78 Å². The van der Waals surface area contributed by atoms with Crippen LogP contribution in [-0.4, -0.2) is 14.7 Å². The molecule has 2 rings (SSSR count). The highest BCUT2D eigenvalue weighted by atomic mass is 35.5. The molecule has 2 aromatic rings. The number of nitro groups is 1. The van der Waals surface area contributed by atoms with Crippen molar-refractivity contribution in [3.8, 4) is 0 Å². The number of non-ortho nitro benzene ring substituents is 1. The Morgan fingerprint density at radius 1 is 1.65 bits per heavy atom. The van der Waals surface area contributed by atoms with E-state index in [0.29, 0.717) is 22.6 Å². The van der Waals surface area contributed by atoms with Gasteiger partial charge in [-0.1, -0.05) is 23.8 Å². The fourth-order valence-corrected chi connectivity index (χ4v) is 1.81. The summed E-state index contributed by atoms with van der Waals surface area (Å²) in [7, 11) is 0. The molecular weight excluding hydrogens is 242 g/mol. The van der Waals surface area contributed by atoms with Crippen LogP contribution in [0.5, 0.6) is 0 Å². The Morgan fingerprint density at radius 2 is 2.35 bits per heavy atom. The second-order valence-corrected chi connectivity index (χ2v) is 4.22. The van der Waals surface area contributed by atoms with E-state index in [-0.39, 0.29) is 5.69 Å². The van der Waals surface area contributed by atoms with Crippen molar-refractivity contribution < 1.29 is 4.92 Å². The van der Waals surface area contributed by atoms with Crippen LogP contribution in [0, 0.1) is 10.1 Å². The molecule has 5 nitrogen and oxygen atoms in total. The van der Waals surface area contributed by atoms with Gasteiger partial charge in [0.15, 0.2) is 0 Å². The van der Waals surface area contributed by atoms with Crippen molar-refractivity contribution in [2.45, 2.75) is 13.5 Å². The first kappa shape index (κ1) is 11.6. The zero-order chi connectivity index (χ0) is 12.6. The number of benzene rings is 1. The fraction of sp³-hybridized carbons (Fsp3) is 0.182. The van der Waals surface area contributed by atoms with E-state index in [1.165, 1.54) is 12.1 Å². The summed E-state index contributed by atoms with van der Waals surface area (Å²) in [5.41, 5.74) is 1.56. The van der Waals surface area contributed by atoms with Crippen molar-refractivity contribution in [3.63, 3.8) is 0 Å². The number of fused-ring (bicyclic) bond motifs is 1. The maximum Gasteiger partial charge on any atom is 0.270 e. The van der Waals surface area contributed by atoms with Crippen LogP contribution in [0.4, 0.5) is 5.69 Å². The Morgan fingerprint density at radius 3 is 2.94 bits per heavy atom. The molecule has 6 heteroatoms. The molecule has 0 aliphatic carbocycles. The quantitative estimate of drug-likeness (QED) is 0.478. The molecule has 0 aliphatic heterocycles. The van der Waals surface area contributed by atoms with E-state index in [2.05, 4.69) is 11.7 Å². The second kappa shape index (κ2) is 4.18. The van der Waals surface area contributed by atoms with Crippen LogP contribution in [0.15, 0.2) is 30.4 Å². The van der Waals surface area contributed by atoms with Crippen LogP contribution in [0.3, 0.4) is 0 Å². The molecule has 0 amide bonds. The molecule has 17 heavy (non-hydrogen) atoms. The summed E-state index contributed by atoms with van der Waals surface area (Å²) in [5, 5.41) is 15.9. The summed E-state index contributed by atoms with van der Waals surface area (Å²) in [4.78, 5) is 10.2. The predicted octanol–water partition coefficient (Wildman–Crippen LogP) is 3.17. The number of aromatic nitrogens is 2. The largest absolute Gasteiger partial charge is 0.270 e. The summed E-state index contributed by atoms with van der Waals surface area (Å²) in [6, 6.07) is 4.44. The normalized spacial score (nSPS) is 10.7. The minimum atomic E-state index is -0.453. The van der Waals surface area contributed by atoms with E-state index in [9.17, 15) is 10.1 Å². The second-order valence-electron chi connectivity index (χ2n) is 3.86. The first-order valence-electron chi connectivity index (χ1n) is 4.94. The molecule has 1 aromatic heterocycles. The zero-order valence-electron chi connectivity index (χ0n) is 9.18. The van der Waals surface area contributed by atoms with Crippen molar-refractivity contribution in [1.29, 1.82) is 0 Å². The van der Waals surface area contributed by atoms with E-state index in [1.807, 2.05) is 6.92 Å². The highest BCUT2D eigenvalue weighted by Crippen LogP contribution is 2.27. The molecule has 0 fully saturated rings. The lowest BCUT2D eigenvalue weighted by Crippen LogP contribution is -2.00. The molecule has 0 bridgehead atoms. The van der Waals surface area contributed by atoms with Crippen LogP contribution in [0.2, 0.25) is 5.15 Å². The molecule has 0 saturated carbocycles. The van der Waals surface area contributed by atoms with Gasteiger partial charge in [-0.15, -0.1) is 0 Å². The summed E-state index contributed by atoms with van der Waals surface area (Å²) >= 11 is 6.11. The van der Waals surface area contributed by atoms with Gasteiger partial charge in [0.1, 0.15) is 5.15 Å². The molecule has 0 N–H and O–H groups in total. The molecule has 0 atom stereocenters. The monoisotopic (exact) mass is 251 g/mol. The van der Waals surface area contributed by atoms with Crippen LogP contribution < -0.4 is 0 Å². The third kappa shape index (κ3) is 2.14. The highest BCUT2D eigenvalue weighted by molar-refractivity contribution is 6.34. The van der Waals surface area contributed by atoms with E-state index in [0.717, 1.165) is 5.57 Å². The van der Waals surface area contributed by atoms with Gasteiger partial charge >= 0.3 is 0 Å². The van der Waals surface area contributed by atoms with Gasteiger partial charge in [0.25, 0.3) is 5.69 Å². The molecule has 0 aliphatic rings. The minimum absolute atomic E-state index is 0.00859. The lowest BCUT2D eigenvalue weighted by molar-refractivity contribution is -0.384. The van der Waals surface area contributed by atoms with Gasteiger partial charge in [0, 0.05) is 17.5 Å². The maximum absolute atomic E-state index is 10.7. The Hall–Kier alpha value is -1.88. The third-order valence-electron chi connectivity index (χ3n) is 2.29. The highest BCUT2D eigenvalue weighted by Gasteiger charge is 2.13. The van der Waals surface area contributed by atoms with Crippen LogP contribution in [0.25, 0.3) is 10.9 Å². The summed E-state index contributed by atoms with van der Waals surface area (Å²) in [5.74, 6) is 0. The smallest absolute Gasteiger partial charge is 0.258 e. The van der Waals surface area contributed by atoms with Gasteiger partial charge in [-0.2, -0.15) is 5.10 Å². The SMILES string of the molecule is C=C(C)Cn1nc2ccc([N+](=O)[O-])cc2c1Cl. The molecule has 88 valence electrons. The van der Waals surface area contributed by atoms with Gasteiger partial charge in [-0.25, -0.2) is 4.68 Å². The van der Waals surface area contributed by atoms with Crippen LogP contribution in [0.1, 0.15) is 6.92 Å². The van der Waals surface area contributed by atoms with Gasteiger partial charge in [0.05, 0.1) is 17.0 Å². The Labute approximate surface area is 102 Å². The zero-order valence-corrected chi connectivity index (χ0v) is 9.94. The van der Waals surface area contributed by atoms with E-state index >= 15 is 0 Å². The first-order valence-corrected chi connectivity index (χ1v) is 5.31. The molecule has 0 radical (unpaired) electrons. The number of allylic oxidation sites excluding steroid dienone is 1. The topological polar surface area (TPSA) is 61.0 Å². The molecule has 0 unspecified atom stereocenters. The van der Waals surface area contributed by atoms with E-state index in [1.54, 1.807) is 10.7 Å². The van der Waals surface area contributed by atoms with Crippen LogP contribution in [-0.2, 0) is 6.54 Å². The van der Waals surface area contributed by atoms with E-state index < -0.39 is 4.92 Å². The van der Waals surface area contributed by atoms with Crippen molar-refractivity contribution in [2.75, 3.05) is 0 Å². The average molecular weight is 252 g/mol. The number of nitro benzene ring substituents is 1. The molecule has 0 saturated heterocycles. The number of hydrogen-bond acceptors (Lipinski definition) is 3. The Bertz CT molecular complexity index is 618. The average Bonchev–Trinajstić information content (AvgIpc) is 2.55. The fourth-order valence-electron chi connectivity index (χ4n) is 1.56. The molecule has 1 heterocycles. The lowest BCUT2D eigenvalue weighted by Gasteiger charge is -2.00. The summed E-state index contributed by atoms with van der Waals surface area (Å²) in [6.45, 7) is 6.15. The van der Waals surface area contributed by atoms with Gasteiger partial charge in [-0.3, -0.25) is 10.1 Å². The number of rotatable bonds is 3. The molecular formula is C11H10ClN3O2. The number of halogens is 1. The van der Waals surface area contributed by atoms with Crippen LogP contribution >= 0.6 is 11.6 Å². The van der Waals surface area contributed by atoms with Gasteiger partial charge < -0.3 is 0 Å². The molecule has 0 spiro atoms. The number of hydrogen-bond donors (Lipinski definition) is 0. The first-order chi connectivity index (χ1) is 7.99. The van der Waals surface area contributed by atoms with Crippen molar-refractivity contribution in [2.24, 2.45) is 0 Å². The predicted molar refractivity (Wildman–Crippen MR) is 66.2 cm³/mol. The third-order valence-corrected chi connectivity index (χ3v) is 2.69. The van der Waals surface area contributed by atoms with Gasteiger partial charge in [0.2, 0.25) is 0 Å². The Kier molecular flexibility index (Phi) is 2.85. The minimum Gasteiger partial charge on any atom is -0.258 e. The number of nitrogens with zero attached hydrogens (tertiary/aromatic N) is 3. The summed E-state index contributed by atoms with van der Waals surface area (Å²) in [6.07, 6.45) is 0. The Balaban J connectivity index is 2.58. The van der Waals surface area contributed by atoms with Crippen molar-refractivity contribution >= 4 is 28.2 Å². The van der Waals surface area contributed by atoms with Gasteiger partial charge in [-0.05, 0) is 13.0 Å². The van der Waals surface area contributed by atoms with E-state index in [4.69, 9.17) is 11.6 Å². The molecule has 1 aromatic carbocycles. The summed E-state index contributed by atoms with van der Waals surface area (Å²) < 4.78 is 1.58. The lowest BCUT2D eigenvalue weighted by atomic mass is 10.2. The van der Waals surface area contributed by atoms with Crippen molar-refractivity contribution in [3.05, 3.63) is 45.6 Å². The maximum atomic E-state index is 10.7.